The fourth-order valence-corrected chi connectivity index (χ4v) is 2.39. The second kappa shape index (κ2) is 8.38. The Kier molecular flexibility index (Phi) is 6.20. The van der Waals surface area contributed by atoms with Crippen LogP contribution in [0.15, 0.2) is 90.0 Å². The average molecular weight is 330 g/mol. The fraction of sp³-hybridized carbons (Fsp3) is 0.105. The molecule has 3 aromatic rings. The zero-order valence-corrected chi connectivity index (χ0v) is 13.3. The van der Waals surface area contributed by atoms with Crippen LogP contribution >= 0.6 is 0 Å². The first-order valence-electron chi connectivity index (χ1n) is 7.19. The summed E-state index contributed by atoms with van der Waals surface area (Å²) in [6, 6.07) is 29.1. The monoisotopic (exact) mass is 330 g/mol. The summed E-state index contributed by atoms with van der Waals surface area (Å²) in [5.41, 5.74) is 6.88. The van der Waals surface area contributed by atoms with Crippen LogP contribution in [0.4, 0.5) is 0 Å². The average Bonchev–Trinajstić information content (AvgIpc) is 3.30. The number of nitrogens with zero attached hydrogens (tertiary/aromatic N) is 1. The van der Waals surface area contributed by atoms with Crippen molar-refractivity contribution in [3.05, 3.63) is 96.1 Å². The van der Waals surface area contributed by atoms with Crippen LogP contribution in [0.2, 0.25) is 0 Å². The van der Waals surface area contributed by atoms with Crippen molar-refractivity contribution in [3.8, 4) is 0 Å². The van der Waals surface area contributed by atoms with E-state index in [1.54, 1.807) is 0 Å². The molecule has 3 aromatic carbocycles. The number of hydrogen-bond acceptors (Lipinski definition) is 2. The number of nitrogens with one attached hydrogen (secondary N) is 1. The number of hydrogen-bond donors (Lipinski definition) is 1. The molecule has 2 nitrogen and oxygen atoms in total. The van der Waals surface area contributed by atoms with Crippen molar-refractivity contribution in [2.75, 3.05) is 0 Å². The molecule has 1 N–H and O–H groups in total. The maximum Gasteiger partial charge on any atom is 2.00 e. The van der Waals surface area contributed by atoms with Crippen LogP contribution in [0.1, 0.15) is 23.6 Å². The molecule has 1 unspecified atom stereocenters. The van der Waals surface area contributed by atoms with E-state index in [0.29, 0.717) is 6.04 Å². The molecule has 1 heterocycles. The van der Waals surface area contributed by atoms with Crippen molar-refractivity contribution in [3.63, 3.8) is 0 Å². The molecule has 1 atom stereocenters. The molecule has 4 rings (SSSR count). The third-order valence-corrected chi connectivity index (χ3v) is 3.51. The van der Waals surface area contributed by atoms with Gasteiger partial charge in [0.2, 0.25) is 0 Å². The third-order valence-electron chi connectivity index (χ3n) is 3.51. The van der Waals surface area contributed by atoms with E-state index in [1.165, 1.54) is 11.1 Å². The van der Waals surface area contributed by atoms with Gasteiger partial charge in [-0.15, -0.1) is 5.56 Å². The fourth-order valence-electron chi connectivity index (χ4n) is 2.39. The molecule has 0 aliphatic carbocycles. The minimum atomic E-state index is 0. The predicted molar refractivity (Wildman–Crippen MR) is 87.5 cm³/mol. The van der Waals surface area contributed by atoms with Crippen LogP contribution in [-0.4, -0.2) is 5.71 Å². The molecular formula is C19H18FeN2. The Morgan fingerprint density at radius 1 is 0.955 bits per heavy atom. The minimum Gasteiger partial charge on any atom is -0.303 e. The van der Waals surface area contributed by atoms with E-state index in [-0.39, 0.29) is 17.1 Å². The predicted octanol–water partition coefficient (Wildman–Crippen LogP) is 4.25. The first kappa shape index (κ1) is 16.3. The Morgan fingerprint density at radius 3 is 2.23 bits per heavy atom. The second-order valence-electron chi connectivity index (χ2n) is 4.99. The zero-order valence-electron chi connectivity index (χ0n) is 12.2. The van der Waals surface area contributed by atoms with Gasteiger partial charge in [-0.3, -0.25) is 0 Å². The van der Waals surface area contributed by atoms with Crippen molar-refractivity contribution in [2.24, 2.45) is 5.10 Å². The maximum atomic E-state index is 4.40. The Bertz CT molecular complexity index is 638. The zero-order chi connectivity index (χ0) is 14.3. The summed E-state index contributed by atoms with van der Waals surface area (Å²) in [7, 11) is 0. The van der Waals surface area contributed by atoms with E-state index < -0.39 is 0 Å². The summed E-state index contributed by atoms with van der Waals surface area (Å²) in [6.07, 6.45) is 0.966. The minimum absolute atomic E-state index is 0. The molecule has 3 heteroatoms. The van der Waals surface area contributed by atoms with Gasteiger partial charge in [0.25, 0.3) is 0 Å². The van der Waals surface area contributed by atoms with Gasteiger partial charge in [-0.25, -0.2) is 24.3 Å². The molecule has 0 amide bonds. The van der Waals surface area contributed by atoms with Crippen LogP contribution in [0, 0.1) is 0 Å². The van der Waals surface area contributed by atoms with Gasteiger partial charge in [-0.2, -0.15) is 35.4 Å². The maximum absolute atomic E-state index is 4.40. The molecule has 0 saturated carbocycles. The summed E-state index contributed by atoms with van der Waals surface area (Å²) in [4.78, 5) is 0. The van der Waals surface area contributed by atoms with Gasteiger partial charge in [-0.1, -0.05) is 30.3 Å². The van der Waals surface area contributed by atoms with E-state index in [9.17, 15) is 0 Å². The first-order chi connectivity index (χ1) is 10.4. The molecular weight excluding hydrogens is 312 g/mol. The third kappa shape index (κ3) is 4.20. The SMILES string of the molecule is [Fe+2].c1cc[cH-]c1.c1ccc(C2CC([c-]3cccc3)=NN2)cc1. The van der Waals surface area contributed by atoms with E-state index in [0.717, 1.165) is 12.1 Å². The van der Waals surface area contributed by atoms with Crippen LogP contribution in [0.5, 0.6) is 0 Å². The van der Waals surface area contributed by atoms with Crippen LogP contribution in [0.25, 0.3) is 0 Å². The van der Waals surface area contributed by atoms with E-state index in [1.807, 2.05) is 48.5 Å². The molecule has 0 saturated heterocycles. The summed E-state index contributed by atoms with van der Waals surface area (Å²) >= 11 is 0. The standard InChI is InChI=1S/C14H13N2.C5H5.Fe/c1-2-6-11(7-3-1)13-10-14(16-15-13)12-8-4-5-9-12;1-2-4-5-3-1;/h1-9,13,15H,10H2;1-5H;/q2*-1;+2. The van der Waals surface area contributed by atoms with Crippen molar-refractivity contribution in [2.45, 2.75) is 12.5 Å². The van der Waals surface area contributed by atoms with Gasteiger partial charge in [-0.05, 0) is 5.56 Å². The molecule has 0 radical (unpaired) electrons. The Hall–Kier alpha value is -2.09. The Labute approximate surface area is 142 Å². The van der Waals surface area contributed by atoms with Crippen molar-refractivity contribution < 1.29 is 17.1 Å². The summed E-state index contributed by atoms with van der Waals surface area (Å²) in [5.74, 6) is 0. The van der Waals surface area contributed by atoms with E-state index in [4.69, 9.17) is 0 Å². The number of hydrazone groups is 1. The summed E-state index contributed by atoms with van der Waals surface area (Å²) in [6.45, 7) is 0. The van der Waals surface area contributed by atoms with Gasteiger partial charge in [0.15, 0.2) is 0 Å². The van der Waals surface area contributed by atoms with Gasteiger partial charge >= 0.3 is 17.1 Å². The molecule has 0 spiro atoms. The second-order valence-corrected chi connectivity index (χ2v) is 4.99. The van der Waals surface area contributed by atoms with Crippen LogP contribution in [-0.2, 0) is 17.1 Å². The van der Waals surface area contributed by atoms with Crippen molar-refractivity contribution >= 4 is 5.71 Å². The molecule has 112 valence electrons. The Morgan fingerprint density at radius 2 is 1.64 bits per heavy atom. The first-order valence-corrected chi connectivity index (χ1v) is 7.19. The molecule has 1 aliphatic rings. The smallest absolute Gasteiger partial charge is 0.303 e. The molecule has 0 bridgehead atoms. The summed E-state index contributed by atoms with van der Waals surface area (Å²) < 4.78 is 0. The van der Waals surface area contributed by atoms with Crippen molar-refractivity contribution in [1.29, 1.82) is 0 Å². The Balaban J connectivity index is 0.000000253. The van der Waals surface area contributed by atoms with Gasteiger partial charge in [0, 0.05) is 12.1 Å². The van der Waals surface area contributed by atoms with Crippen LogP contribution in [0.3, 0.4) is 0 Å². The van der Waals surface area contributed by atoms with E-state index >= 15 is 0 Å². The molecule has 0 aromatic heterocycles. The quantitative estimate of drug-likeness (QED) is 0.551. The van der Waals surface area contributed by atoms with Gasteiger partial charge in [0.1, 0.15) is 0 Å². The van der Waals surface area contributed by atoms with Crippen LogP contribution < -0.4 is 5.43 Å². The topological polar surface area (TPSA) is 24.4 Å². The number of rotatable bonds is 2. The molecule has 1 aliphatic heterocycles. The van der Waals surface area contributed by atoms with E-state index in [2.05, 4.69) is 46.9 Å². The molecule has 22 heavy (non-hydrogen) atoms. The normalized spacial score (nSPS) is 15.8. The van der Waals surface area contributed by atoms with Gasteiger partial charge < -0.3 is 5.43 Å². The largest absolute Gasteiger partial charge is 2.00 e. The molecule has 0 fully saturated rings. The number of benzene rings is 1. The summed E-state index contributed by atoms with van der Waals surface area (Å²) in [5, 5.41) is 4.40. The van der Waals surface area contributed by atoms with Crippen molar-refractivity contribution in [1.82, 2.24) is 5.43 Å². The van der Waals surface area contributed by atoms with Gasteiger partial charge in [0.05, 0.1) is 6.04 Å².